The fraction of sp³-hybridized carbons (Fsp3) is 0.222. The Balaban J connectivity index is 2.81. The van der Waals surface area contributed by atoms with Gasteiger partial charge in [0.1, 0.15) is 5.56 Å². The molecule has 2 aromatic rings. The highest BCUT2D eigenvalue weighted by molar-refractivity contribution is 9.10. The third-order valence-electron chi connectivity index (χ3n) is 2.17. The summed E-state index contributed by atoms with van der Waals surface area (Å²) in [5.74, 6) is -0.699. The van der Waals surface area contributed by atoms with Gasteiger partial charge in [-0.2, -0.15) is 4.52 Å². The maximum Gasteiger partial charge on any atom is 0.345 e. The minimum atomic E-state index is -0.699. The smallest absolute Gasteiger partial charge is 0.345 e. The third kappa shape index (κ3) is 1.44. The number of fused-ring (bicyclic) bond motifs is 1. The summed E-state index contributed by atoms with van der Waals surface area (Å²) >= 11 is 3.29. The molecule has 0 atom stereocenters. The Hall–Kier alpha value is -1.63. The number of halogens is 1. The predicted octanol–water partition coefficient (Wildman–Crippen LogP) is 0.880. The minimum Gasteiger partial charge on any atom is -0.465 e. The Morgan fingerprint density at radius 2 is 2.31 bits per heavy atom. The summed E-state index contributed by atoms with van der Waals surface area (Å²) in [6.07, 6.45) is 1.21. The van der Waals surface area contributed by atoms with Crippen molar-refractivity contribution in [2.75, 3.05) is 7.11 Å². The highest BCUT2D eigenvalue weighted by atomic mass is 79.9. The van der Waals surface area contributed by atoms with Crippen LogP contribution in [0.3, 0.4) is 0 Å². The molecule has 2 rings (SSSR count). The zero-order valence-corrected chi connectivity index (χ0v) is 10.2. The van der Waals surface area contributed by atoms with Gasteiger partial charge in [-0.1, -0.05) is 0 Å². The Morgan fingerprint density at radius 1 is 1.62 bits per heavy atom. The molecule has 7 heteroatoms. The zero-order chi connectivity index (χ0) is 11.9. The molecule has 0 aromatic carbocycles. The van der Waals surface area contributed by atoms with Crippen LogP contribution in [0, 0.1) is 6.92 Å². The van der Waals surface area contributed by atoms with E-state index in [2.05, 4.69) is 30.7 Å². The van der Waals surface area contributed by atoms with Gasteiger partial charge < -0.3 is 4.74 Å². The van der Waals surface area contributed by atoms with E-state index in [1.807, 2.05) is 0 Å². The number of aryl methyl sites for hydroxylation is 1. The van der Waals surface area contributed by atoms with Crippen molar-refractivity contribution < 1.29 is 9.53 Å². The first-order chi connectivity index (χ1) is 7.56. The Bertz CT molecular complexity index is 629. The van der Waals surface area contributed by atoms with E-state index in [0.29, 0.717) is 10.1 Å². The molecule has 0 bridgehead atoms. The quantitative estimate of drug-likeness (QED) is 0.789. The van der Waals surface area contributed by atoms with E-state index in [1.165, 1.54) is 17.8 Å². The average molecular weight is 286 g/mol. The Kier molecular flexibility index (Phi) is 2.55. The van der Waals surface area contributed by atoms with Gasteiger partial charge in [0.25, 0.3) is 5.56 Å². The molecule has 0 saturated carbocycles. The molecule has 2 heterocycles. The summed E-state index contributed by atoms with van der Waals surface area (Å²) in [7, 11) is 1.21. The minimum absolute atomic E-state index is 0.103. The molecule has 0 unspecified atom stereocenters. The molecule has 0 fully saturated rings. The molecular weight excluding hydrogens is 278 g/mol. The number of rotatable bonds is 1. The summed E-state index contributed by atoms with van der Waals surface area (Å²) in [6.45, 7) is 1.79. The topological polar surface area (TPSA) is 76.5 Å². The molecule has 0 spiro atoms. The van der Waals surface area contributed by atoms with E-state index in [1.54, 1.807) is 6.92 Å². The van der Waals surface area contributed by atoms with Crippen molar-refractivity contribution in [2.45, 2.75) is 6.92 Å². The lowest BCUT2D eigenvalue weighted by Crippen LogP contribution is -2.23. The fourth-order valence-electron chi connectivity index (χ4n) is 1.35. The van der Waals surface area contributed by atoms with E-state index in [9.17, 15) is 9.59 Å². The van der Waals surface area contributed by atoms with Crippen molar-refractivity contribution in [1.82, 2.24) is 14.6 Å². The third-order valence-corrected chi connectivity index (χ3v) is 3.12. The molecule has 0 aliphatic rings. The number of methoxy groups -OCH3 is 1. The molecule has 6 nitrogen and oxygen atoms in total. The predicted molar refractivity (Wildman–Crippen MR) is 59.6 cm³/mol. The standard InChI is InChI=1S/C9H8BrN3O3/c1-4-6(10)7-11-3-5(9(15)16-2)8(14)13(7)12-4/h3,12H,1-2H3. The van der Waals surface area contributed by atoms with Crippen LogP contribution >= 0.6 is 15.9 Å². The van der Waals surface area contributed by atoms with Gasteiger partial charge in [0.2, 0.25) is 0 Å². The number of ether oxygens (including phenoxy) is 1. The number of H-pyrrole nitrogens is 1. The number of hydrogen-bond acceptors (Lipinski definition) is 4. The fourth-order valence-corrected chi connectivity index (χ4v) is 1.72. The van der Waals surface area contributed by atoms with Crippen molar-refractivity contribution in [3.05, 3.63) is 32.3 Å². The van der Waals surface area contributed by atoms with E-state index < -0.39 is 11.5 Å². The van der Waals surface area contributed by atoms with E-state index in [-0.39, 0.29) is 5.56 Å². The van der Waals surface area contributed by atoms with Gasteiger partial charge in [-0.25, -0.2) is 9.78 Å². The van der Waals surface area contributed by atoms with Crippen molar-refractivity contribution in [1.29, 1.82) is 0 Å². The van der Waals surface area contributed by atoms with Crippen LogP contribution in [0.15, 0.2) is 15.5 Å². The highest BCUT2D eigenvalue weighted by Crippen LogP contribution is 2.18. The van der Waals surface area contributed by atoms with Crippen LogP contribution in [0.4, 0.5) is 0 Å². The lowest BCUT2D eigenvalue weighted by molar-refractivity contribution is 0.0598. The second-order valence-corrected chi connectivity index (χ2v) is 3.97. The average Bonchev–Trinajstić information content (AvgIpc) is 2.57. The van der Waals surface area contributed by atoms with Gasteiger partial charge in [-0.3, -0.25) is 9.89 Å². The van der Waals surface area contributed by atoms with Crippen molar-refractivity contribution >= 4 is 27.5 Å². The van der Waals surface area contributed by atoms with E-state index in [4.69, 9.17) is 0 Å². The maximum atomic E-state index is 11.9. The number of carbonyl (C=O) groups excluding carboxylic acids is 1. The van der Waals surface area contributed by atoms with Crippen LogP contribution in [-0.4, -0.2) is 27.7 Å². The Morgan fingerprint density at radius 3 is 2.94 bits per heavy atom. The summed E-state index contributed by atoms with van der Waals surface area (Å²) in [4.78, 5) is 27.1. The highest BCUT2D eigenvalue weighted by Gasteiger charge is 2.16. The van der Waals surface area contributed by atoms with Crippen LogP contribution in [0.25, 0.3) is 5.65 Å². The van der Waals surface area contributed by atoms with Crippen LogP contribution in [0.1, 0.15) is 16.1 Å². The number of esters is 1. The number of hydrogen-bond donors (Lipinski definition) is 1. The van der Waals surface area contributed by atoms with Crippen LogP contribution in [-0.2, 0) is 4.74 Å². The number of nitrogens with zero attached hydrogens (tertiary/aromatic N) is 2. The number of aromatic nitrogens is 3. The van der Waals surface area contributed by atoms with Gasteiger partial charge in [-0.15, -0.1) is 0 Å². The number of aromatic amines is 1. The molecule has 0 aliphatic heterocycles. The largest absolute Gasteiger partial charge is 0.465 e. The summed E-state index contributed by atoms with van der Waals surface area (Å²) in [5.41, 5.74) is 0.612. The van der Waals surface area contributed by atoms with Crippen LogP contribution < -0.4 is 5.56 Å². The van der Waals surface area contributed by atoms with Gasteiger partial charge in [-0.05, 0) is 22.9 Å². The summed E-state index contributed by atoms with van der Waals surface area (Å²) in [5, 5.41) is 2.80. The number of carbonyl (C=O) groups is 1. The molecule has 0 saturated heterocycles. The molecule has 84 valence electrons. The molecule has 2 aromatic heterocycles. The van der Waals surface area contributed by atoms with Crippen molar-refractivity contribution in [3.8, 4) is 0 Å². The lowest BCUT2D eigenvalue weighted by atomic mass is 10.3. The van der Waals surface area contributed by atoms with E-state index in [0.717, 1.165) is 5.69 Å². The molecule has 16 heavy (non-hydrogen) atoms. The first kappa shape index (κ1) is 10.9. The SMILES string of the molecule is COC(=O)c1cnc2c(Br)c(C)[nH]n2c1=O. The monoisotopic (exact) mass is 285 g/mol. The van der Waals surface area contributed by atoms with Crippen LogP contribution in [0.2, 0.25) is 0 Å². The normalized spacial score (nSPS) is 10.7. The first-order valence-electron chi connectivity index (χ1n) is 4.40. The summed E-state index contributed by atoms with van der Waals surface area (Å²) in [6, 6.07) is 0. The number of nitrogens with one attached hydrogen (secondary N) is 1. The van der Waals surface area contributed by atoms with Crippen LogP contribution in [0.5, 0.6) is 0 Å². The molecule has 0 aliphatic carbocycles. The van der Waals surface area contributed by atoms with Crippen molar-refractivity contribution in [2.24, 2.45) is 0 Å². The van der Waals surface area contributed by atoms with Gasteiger partial charge in [0.05, 0.1) is 11.6 Å². The van der Waals surface area contributed by atoms with E-state index >= 15 is 0 Å². The van der Waals surface area contributed by atoms with Gasteiger partial charge in [0, 0.05) is 11.9 Å². The van der Waals surface area contributed by atoms with Crippen molar-refractivity contribution in [3.63, 3.8) is 0 Å². The molecule has 1 N–H and O–H groups in total. The molecule has 0 amide bonds. The maximum absolute atomic E-state index is 11.9. The molecule has 0 radical (unpaired) electrons. The zero-order valence-electron chi connectivity index (χ0n) is 8.57. The second-order valence-electron chi connectivity index (χ2n) is 3.18. The second kappa shape index (κ2) is 3.75. The molecular formula is C9H8BrN3O3. The van der Waals surface area contributed by atoms with Gasteiger partial charge >= 0.3 is 5.97 Å². The first-order valence-corrected chi connectivity index (χ1v) is 5.19. The summed E-state index contributed by atoms with van der Waals surface area (Å²) < 4.78 is 6.38. The Labute approximate surface area is 98.4 Å². The lowest BCUT2D eigenvalue weighted by Gasteiger charge is -1.98. The van der Waals surface area contributed by atoms with Gasteiger partial charge in [0.15, 0.2) is 5.65 Å².